The third kappa shape index (κ3) is 3.61. The number of hydrogen-bond donors (Lipinski definition) is 2. The maximum Gasteiger partial charge on any atom is 0.120 e. The summed E-state index contributed by atoms with van der Waals surface area (Å²) in [4.78, 5) is 0. The van der Waals surface area contributed by atoms with Gasteiger partial charge in [0.2, 0.25) is 0 Å². The number of nitrogens with one attached hydrogen (secondary N) is 1. The highest BCUT2D eigenvalue weighted by Crippen LogP contribution is 2.31. The Bertz CT molecular complexity index is 740. The molecule has 0 heterocycles. The Morgan fingerprint density at radius 1 is 0.696 bits per heavy atom. The van der Waals surface area contributed by atoms with E-state index in [4.69, 9.17) is 0 Å². The molecule has 2 heteroatoms. The molecule has 0 radical (unpaired) electrons. The molecule has 0 aliphatic rings. The zero-order chi connectivity index (χ0) is 16.1. The summed E-state index contributed by atoms with van der Waals surface area (Å²) in [6.07, 6.45) is 0. The molecule has 0 amide bonds. The van der Waals surface area contributed by atoms with Gasteiger partial charge in [-0.15, -0.1) is 0 Å². The number of para-hydroxylation sites is 1. The van der Waals surface area contributed by atoms with Crippen molar-refractivity contribution in [3.63, 3.8) is 0 Å². The van der Waals surface area contributed by atoms with Gasteiger partial charge < -0.3 is 5.11 Å². The van der Waals surface area contributed by atoms with Gasteiger partial charge in [0.1, 0.15) is 5.75 Å². The smallest absolute Gasteiger partial charge is 0.120 e. The third-order valence-electron chi connectivity index (χ3n) is 4.10. The van der Waals surface area contributed by atoms with Crippen LogP contribution in [0.1, 0.15) is 35.7 Å². The molecule has 3 rings (SSSR count). The van der Waals surface area contributed by atoms with Crippen molar-refractivity contribution in [1.82, 2.24) is 5.32 Å². The van der Waals surface area contributed by atoms with E-state index in [-0.39, 0.29) is 12.1 Å². The second kappa shape index (κ2) is 7.12. The number of aromatic hydroxyl groups is 1. The molecule has 23 heavy (non-hydrogen) atoms. The van der Waals surface area contributed by atoms with E-state index in [9.17, 15) is 5.11 Å². The van der Waals surface area contributed by atoms with Crippen LogP contribution in [0.4, 0.5) is 0 Å². The molecule has 3 aromatic rings. The Labute approximate surface area is 137 Å². The summed E-state index contributed by atoms with van der Waals surface area (Å²) in [7, 11) is 0. The molecule has 3 aromatic carbocycles. The normalized spacial score (nSPS) is 13.4. The monoisotopic (exact) mass is 303 g/mol. The van der Waals surface area contributed by atoms with Gasteiger partial charge in [0.05, 0.1) is 6.04 Å². The second-order valence-electron chi connectivity index (χ2n) is 5.70. The molecule has 0 saturated heterocycles. The third-order valence-corrected chi connectivity index (χ3v) is 4.10. The molecule has 0 aliphatic heterocycles. The molecule has 0 bridgehead atoms. The van der Waals surface area contributed by atoms with Crippen LogP contribution in [0.15, 0.2) is 84.9 Å². The van der Waals surface area contributed by atoms with Crippen molar-refractivity contribution >= 4 is 0 Å². The second-order valence-corrected chi connectivity index (χ2v) is 5.70. The average molecular weight is 303 g/mol. The lowest BCUT2D eigenvalue weighted by Gasteiger charge is -2.25. The summed E-state index contributed by atoms with van der Waals surface area (Å²) < 4.78 is 0. The van der Waals surface area contributed by atoms with Gasteiger partial charge in [-0.05, 0) is 24.1 Å². The van der Waals surface area contributed by atoms with Crippen molar-refractivity contribution in [1.29, 1.82) is 0 Å². The fourth-order valence-corrected chi connectivity index (χ4v) is 2.83. The fraction of sp³-hybridized carbons (Fsp3) is 0.143. The van der Waals surface area contributed by atoms with Crippen molar-refractivity contribution < 1.29 is 5.11 Å². The van der Waals surface area contributed by atoms with E-state index in [2.05, 4.69) is 36.5 Å². The van der Waals surface area contributed by atoms with Gasteiger partial charge in [-0.2, -0.15) is 0 Å². The largest absolute Gasteiger partial charge is 0.508 e. The van der Waals surface area contributed by atoms with Gasteiger partial charge in [0.15, 0.2) is 0 Å². The first-order valence-electron chi connectivity index (χ1n) is 7.89. The van der Waals surface area contributed by atoms with E-state index in [1.165, 1.54) is 5.56 Å². The minimum Gasteiger partial charge on any atom is -0.508 e. The number of phenolic OH excluding ortho intramolecular Hbond substituents is 1. The Hall–Kier alpha value is -2.58. The maximum atomic E-state index is 10.3. The maximum absolute atomic E-state index is 10.3. The highest BCUT2D eigenvalue weighted by molar-refractivity contribution is 5.41. The molecule has 0 unspecified atom stereocenters. The summed E-state index contributed by atoms with van der Waals surface area (Å²) in [5, 5.41) is 13.9. The number of hydrogen-bond acceptors (Lipinski definition) is 2. The predicted molar refractivity (Wildman–Crippen MR) is 94.4 cm³/mol. The van der Waals surface area contributed by atoms with E-state index in [1.54, 1.807) is 6.07 Å². The van der Waals surface area contributed by atoms with Crippen LogP contribution in [-0.4, -0.2) is 5.11 Å². The quantitative estimate of drug-likeness (QED) is 0.707. The van der Waals surface area contributed by atoms with Crippen LogP contribution in [0.3, 0.4) is 0 Å². The highest BCUT2D eigenvalue weighted by atomic mass is 16.3. The van der Waals surface area contributed by atoms with Crippen molar-refractivity contribution in [2.45, 2.75) is 19.0 Å². The highest BCUT2D eigenvalue weighted by Gasteiger charge is 2.19. The molecular weight excluding hydrogens is 282 g/mol. The van der Waals surface area contributed by atoms with E-state index in [1.807, 2.05) is 54.6 Å². The van der Waals surface area contributed by atoms with Gasteiger partial charge in [0, 0.05) is 11.6 Å². The van der Waals surface area contributed by atoms with Gasteiger partial charge >= 0.3 is 0 Å². The van der Waals surface area contributed by atoms with E-state index < -0.39 is 0 Å². The van der Waals surface area contributed by atoms with Crippen LogP contribution in [0.2, 0.25) is 0 Å². The Morgan fingerprint density at radius 3 is 1.83 bits per heavy atom. The Balaban J connectivity index is 1.95. The van der Waals surface area contributed by atoms with Crippen LogP contribution in [0.25, 0.3) is 0 Å². The number of phenols is 1. The molecule has 116 valence electrons. The van der Waals surface area contributed by atoms with Crippen molar-refractivity contribution in [2.24, 2.45) is 0 Å². The zero-order valence-electron chi connectivity index (χ0n) is 13.2. The topological polar surface area (TPSA) is 32.3 Å². The lowest BCUT2D eigenvalue weighted by Crippen LogP contribution is -2.25. The lowest BCUT2D eigenvalue weighted by molar-refractivity contribution is 0.446. The SMILES string of the molecule is C[C@@H](N[C@@H](c1ccccc1)c1ccccc1O)c1ccccc1. The minimum atomic E-state index is -0.0624. The van der Waals surface area contributed by atoms with Gasteiger partial charge in [0.25, 0.3) is 0 Å². The summed E-state index contributed by atoms with van der Waals surface area (Å²) in [5.41, 5.74) is 3.25. The first-order valence-corrected chi connectivity index (χ1v) is 7.89. The molecule has 0 spiro atoms. The van der Waals surface area contributed by atoms with Crippen LogP contribution >= 0.6 is 0 Å². The number of rotatable bonds is 5. The average Bonchev–Trinajstić information content (AvgIpc) is 2.62. The fourth-order valence-electron chi connectivity index (χ4n) is 2.83. The molecule has 2 nitrogen and oxygen atoms in total. The lowest BCUT2D eigenvalue weighted by atomic mass is 9.96. The minimum absolute atomic E-state index is 0.0624. The Kier molecular flexibility index (Phi) is 4.74. The summed E-state index contributed by atoms with van der Waals surface area (Å²) in [6, 6.07) is 28.2. The molecule has 2 N–H and O–H groups in total. The summed E-state index contributed by atoms with van der Waals surface area (Å²) >= 11 is 0. The standard InChI is InChI=1S/C21H21NO/c1-16(17-10-4-2-5-11-17)22-21(18-12-6-3-7-13-18)19-14-8-9-15-20(19)23/h2-16,21-23H,1H3/t16-,21+/m1/s1. The van der Waals surface area contributed by atoms with Crippen LogP contribution in [-0.2, 0) is 0 Å². The Morgan fingerprint density at radius 2 is 1.22 bits per heavy atom. The molecule has 0 aliphatic carbocycles. The van der Waals surface area contributed by atoms with Crippen LogP contribution in [0, 0.1) is 0 Å². The van der Waals surface area contributed by atoms with Crippen LogP contribution < -0.4 is 5.32 Å². The molecule has 2 atom stereocenters. The summed E-state index contributed by atoms with van der Waals surface area (Å²) in [6.45, 7) is 2.14. The molecule has 0 saturated carbocycles. The van der Waals surface area contributed by atoms with Gasteiger partial charge in [-0.25, -0.2) is 0 Å². The first kappa shape index (κ1) is 15.3. The molecule has 0 aromatic heterocycles. The predicted octanol–water partition coefficient (Wildman–Crippen LogP) is 4.83. The molecule has 0 fully saturated rings. The van der Waals surface area contributed by atoms with E-state index in [0.717, 1.165) is 11.1 Å². The van der Waals surface area contributed by atoms with Gasteiger partial charge in [-0.1, -0.05) is 78.9 Å². The van der Waals surface area contributed by atoms with Gasteiger partial charge in [-0.3, -0.25) is 5.32 Å². The molecular formula is C21H21NO. The van der Waals surface area contributed by atoms with Crippen LogP contribution in [0.5, 0.6) is 5.75 Å². The summed E-state index contributed by atoms with van der Waals surface area (Å²) in [5.74, 6) is 0.314. The van der Waals surface area contributed by atoms with E-state index >= 15 is 0 Å². The first-order chi connectivity index (χ1) is 11.3. The van der Waals surface area contributed by atoms with Crippen molar-refractivity contribution in [2.75, 3.05) is 0 Å². The van der Waals surface area contributed by atoms with Crippen molar-refractivity contribution in [3.8, 4) is 5.75 Å². The van der Waals surface area contributed by atoms with Crippen molar-refractivity contribution in [3.05, 3.63) is 102 Å². The van der Waals surface area contributed by atoms with E-state index in [0.29, 0.717) is 5.75 Å². The zero-order valence-corrected chi connectivity index (χ0v) is 13.2. The number of benzene rings is 3.